The van der Waals surface area contributed by atoms with Crippen molar-refractivity contribution in [3.05, 3.63) is 0 Å². The van der Waals surface area contributed by atoms with Crippen molar-refractivity contribution < 1.29 is 4.79 Å². The largest absolute Gasteiger partial charge is 0.360 e. The second kappa shape index (κ2) is 8.58. The van der Waals surface area contributed by atoms with Gasteiger partial charge < -0.3 is 10.2 Å². The second-order valence-electron chi connectivity index (χ2n) is 5.37. The highest BCUT2D eigenvalue weighted by atomic mass is 32.2. The first kappa shape index (κ1) is 16.5. The molecule has 0 bridgehead atoms. The number of unbranched alkanes of at least 4 members (excludes halogenated alkanes) is 1. The van der Waals surface area contributed by atoms with E-state index < -0.39 is 0 Å². The maximum Gasteiger partial charge on any atom is 0.233 e. The van der Waals surface area contributed by atoms with Crippen LogP contribution in [0.5, 0.6) is 0 Å². The van der Waals surface area contributed by atoms with E-state index in [1.165, 1.54) is 29.5 Å². The second-order valence-corrected chi connectivity index (χ2v) is 7.57. The van der Waals surface area contributed by atoms with E-state index in [-0.39, 0.29) is 5.91 Å². The number of piperidine rings is 1. The molecule has 1 aromatic rings. The van der Waals surface area contributed by atoms with Crippen molar-refractivity contribution in [3.8, 4) is 0 Å². The van der Waals surface area contributed by atoms with Crippen molar-refractivity contribution in [3.63, 3.8) is 0 Å². The third-order valence-electron chi connectivity index (χ3n) is 3.66. The molecule has 1 aliphatic heterocycles. The third kappa shape index (κ3) is 5.14. The van der Waals surface area contributed by atoms with Gasteiger partial charge in [-0.15, -0.1) is 10.2 Å². The number of hydrogen-bond donors (Lipinski definition) is 1. The first-order chi connectivity index (χ1) is 10.2. The molecule has 1 N–H and O–H groups in total. The molecule has 0 spiro atoms. The van der Waals surface area contributed by atoms with E-state index in [0.29, 0.717) is 11.8 Å². The summed E-state index contributed by atoms with van der Waals surface area (Å²) in [7, 11) is 0. The monoisotopic (exact) mass is 328 g/mol. The van der Waals surface area contributed by atoms with Gasteiger partial charge in [0.2, 0.25) is 11.0 Å². The van der Waals surface area contributed by atoms with Crippen LogP contribution in [0, 0.1) is 0 Å². The SMILES string of the molecule is CCCCNc1nnc(SCC(=O)N2CCCCC2C)s1. The molecule has 1 atom stereocenters. The van der Waals surface area contributed by atoms with Crippen LogP contribution in [0.2, 0.25) is 0 Å². The maximum atomic E-state index is 12.2. The number of nitrogens with zero attached hydrogens (tertiary/aromatic N) is 3. The van der Waals surface area contributed by atoms with Crippen molar-refractivity contribution in [2.75, 3.05) is 24.2 Å². The van der Waals surface area contributed by atoms with E-state index in [2.05, 4.69) is 29.4 Å². The summed E-state index contributed by atoms with van der Waals surface area (Å²) < 4.78 is 0.868. The molecule has 0 aliphatic carbocycles. The number of likely N-dealkylation sites (tertiary alicyclic amines) is 1. The van der Waals surface area contributed by atoms with Crippen LogP contribution in [-0.4, -0.2) is 45.9 Å². The number of aromatic nitrogens is 2. The fraction of sp³-hybridized carbons (Fsp3) is 0.786. The van der Waals surface area contributed by atoms with Gasteiger partial charge in [-0.25, -0.2) is 0 Å². The van der Waals surface area contributed by atoms with Gasteiger partial charge in [0.05, 0.1) is 5.75 Å². The summed E-state index contributed by atoms with van der Waals surface area (Å²) in [6.07, 6.45) is 5.79. The zero-order valence-electron chi connectivity index (χ0n) is 12.8. The summed E-state index contributed by atoms with van der Waals surface area (Å²) in [5.41, 5.74) is 0. The summed E-state index contributed by atoms with van der Waals surface area (Å²) in [6, 6.07) is 0.382. The minimum absolute atomic E-state index is 0.225. The van der Waals surface area contributed by atoms with E-state index >= 15 is 0 Å². The van der Waals surface area contributed by atoms with Crippen molar-refractivity contribution >= 4 is 34.1 Å². The molecular weight excluding hydrogens is 304 g/mol. The normalized spacial score (nSPS) is 18.8. The highest BCUT2D eigenvalue weighted by Crippen LogP contribution is 2.26. The Hall–Kier alpha value is -0.820. The summed E-state index contributed by atoms with van der Waals surface area (Å²) in [6.45, 7) is 6.14. The number of nitrogens with one attached hydrogen (secondary N) is 1. The Balaban J connectivity index is 1.75. The lowest BCUT2D eigenvalue weighted by atomic mass is 10.0. The Morgan fingerprint density at radius 2 is 2.33 bits per heavy atom. The van der Waals surface area contributed by atoms with E-state index in [1.807, 2.05) is 4.90 Å². The Kier molecular flexibility index (Phi) is 6.76. The van der Waals surface area contributed by atoms with Gasteiger partial charge in [0.15, 0.2) is 4.34 Å². The van der Waals surface area contributed by atoms with Crippen LogP contribution >= 0.6 is 23.1 Å². The lowest BCUT2D eigenvalue weighted by molar-refractivity contribution is -0.131. The lowest BCUT2D eigenvalue weighted by Gasteiger charge is -2.33. The van der Waals surface area contributed by atoms with Crippen molar-refractivity contribution in [1.82, 2.24) is 15.1 Å². The van der Waals surface area contributed by atoms with Crippen LogP contribution in [0.4, 0.5) is 5.13 Å². The van der Waals surface area contributed by atoms with Gasteiger partial charge in [-0.2, -0.15) is 0 Å². The fourth-order valence-corrected chi connectivity index (χ4v) is 4.05. The predicted octanol–water partition coefficient (Wildman–Crippen LogP) is 3.24. The number of hydrogen-bond acceptors (Lipinski definition) is 6. The van der Waals surface area contributed by atoms with Gasteiger partial charge in [-0.1, -0.05) is 36.4 Å². The molecule has 1 fully saturated rings. The van der Waals surface area contributed by atoms with Crippen molar-refractivity contribution in [1.29, 1.82) is 0 Å². The zero-order valence-corrected chi connectivity index (χ0v) is 14.4. The van der Waals surface area contributed by atoms with Gasteiger partial charge in [-0.3, -0.25) is 4.79 Å². The predicted molar refractivity (Wildman–Crippen MR) is 89.1 cm³/mol. The number of carbonyl (C=O) groups excluding carboxylic acids is 1. The van der Waals surface area contributed by atoms with Gasteiger partial charge in [0.1, 0.15) is 0 Å². The van der Waals surface area contributed by atoms with Crippen LogP contribution in [0.1, 0.15) is 46.0 Å². The first-order valence-electron chi connectivity index (χ1n) is 7.70. The van der Waals surface area contributed by atoms with Crippen LogP contribution < -0.4 is 5.32 Å². The number of thioether (sulfide) groups is 1. The number of anilines is 1. The summed E-state index contributed by atoms with van der Waals surface area (Å²) in [5.74, 6) is 0.691. The van der Waals surface area contributed by atoms with Gasteiger partial charge in [0.25, 0.3) is 0 Å². The molecule has 1 saturated heterocycles. The van der Waals surface area contributed by atoms with Crippen molar-refractivity contribution in [2.24, 2.45) is 0 Å². The summed E-state index contributed by atoms with van der Waals surface area (Å²) >= 11 is 3.03. The minimum Gasteiger partial charge on any atom is -0.360 e. The molecule has 0 radical (unpaired) electrons. The highest BCUT2D eigenvalue weighted by molar-refractivity contribution is 8.01. The molecule has 7 heteroatoms. The Bertz CT molecular complexity index is 452. The summed E-state index contributed by atoms with van der Waals surface area (Å²) in [5, 5.41) is 12.3. The molecule has 118 valence electrons. The highest BCUT2D eigenvalue weighted by Gasteiger charge is 2.23. The maximum absolute atomic E-state index is 12.2. The van der Waals surface area contributed by atoms with E-state index in [9.17, 15) is 4.79 Å². The molecule has 5 nitrogen and oxygen atoms in total. The lowest BCUT2D eigenvalue weighted by Crippen LogP contribution is -2.42. The third-order valence-corrected chi connectivity index (χ3v) is 5.65. The number of rotatable bonds is 7. The molecule has 0 aromatic carbocycles. The Morgan fingerprint density at radius 3 is 3.10 bits per heavy atom. The molecule has 1 unspecified atom stereocenters. The molecule has 2 heterocycles. The topological polar surface area (TPSA) is 58.1 Å². The average Bonchev–Trinajstić information content (AvgIpc) is 2.93. The fourth-order valence-electron chi connectivity index (χ4n) is 2.39. The van der Waals surface area contributed by atoms with Gasteiger partial charge in [-0.05, 0) is 32.6 Å². The van der Waals surface area contributed by atoms with Crippen LogP contribution in [0.15, 0.2) is 4.34 Å². The number of amides is 1. The van der Waals surface area contributed by atoms with Crippen LogP contribution in [-0.2, 0) is 4.79 Å². The van der Waals surface area contributed by atoms with E-state index in [4.69, 9.17) is 0 Å². The molecular formula is C14H24N4OS2. The molecule has 1 aromatic heterocycles. The molecule has 1 aliphatic rings. The Morgan fingerprint density at radius 1 is 1.48 bits per heavy atom. The molecule has 1 amide bonds. The summed E-state index contributed by atoms with van der Waals surface area (Å²) in [4.78, 5) is 14.3. The zero-order chi connectivity index (χ0) is 15.1. The number of carbonyl (C=O) groups is 1. The average molecular weight is 329 g/mol. The van der Waals surface area contributed by atoms with Gasteiger partial charge in [0, 0.05) is 19.1 Å². The van der Waals surface area contributed by atoms with E-state index in [0.717, 1.165) is 48.2 Å². The van der Waals surface area contributed by atoms with Crippen LogP contribution in [0.25, 0.3) is 0 Å². The molecule has 21 heavy (non-hydrogen) atoms. The van der Waals surface area contributed by atoms with Crippen LogP contribution in [0.3, 0.4) is 0 Å². The first-order valence-corrected chi connectivity index (χ1v) is 9.50. The smallest absolute Gasteiger partial charge is 0.233 e. The van der Waals surface area contributed by atoms with Gasteiger partial charge >= 0.3 is 0 Å². The Labute approximate surface area is 134 Å². The standard InChI is InChI=1S/C14H24N4OS2/c1-3-4-8-15-13-16-17-14(21-13)20-10-12(19)18-9-6-5-7-11(18)2/h11H,3-10H2,1-2H3,(H,15,16). The van der Waals surface area contributed by atoms with Crippen molar-refractivity contribution in [2.45, 2.75) is 56.3 Å². The minimum atomic E-state index is 0.225. The molecule has 2 rings (SSSR count). The van der Waals surface area contributed by atoms with E-state index in [1.54, 1.807) is 0 Å². The molecule has 0 saturated carbocycles. The quantitative estimate of drug-likeness (QED) is 0.615.